The highest BCUT2D eigenvalue weighted by Gasteiger charge is 2.36. The summed E-state index contributed by atoms with van der Waals surface area (Å²) in [6, 6.07) is 0.320. The zero-order valence-corrected chi connectivity index (χ0v) is 17.4. The number of rotatable bonds is 4. The molecular formula is C19H20N8OS. The average Bonchev–Trinajstić information content (AvgIpc) is 3.46. The Morgan fingerprint density at radius 3 is 2.79 bits per heavy atom. The molecule has 0 unspecified atom stereocenters. The van der Waals surface area contributed by atoms with E-state index in [4.69, 9.17) is 9.51 Å². The fourth-order valence-corrected chi connectivity index (χ4v) is 4.51. The molecule has 5 heterocycles. The molecule has 148 valence electrons. The Kier molecular flexibility index (Phi) is 4.16. The molecule has 0 aliphatic carbocycles. The molecule has 0 bridgehead atoms. The summed E-state index contributed by atoms with van der Waals surface area (Å²) in [5.41, 5.74) is 1.61. The van der Waals surface area contributed by atoms with Gasteiger partial charge in [0.2, 0.25) is 5.76 Å². The molecule has 4 aromatic rings. The van der Waals surface area contributed by atoms with E-state index in [1.54, 1.807) is 12.4 Å². The largest absolute Gasteiger partial charge is 0.353 e. The highest BCUT2D eigenvalue weighted by molar-refractivity contribution is 7.13. The number of nitrogens with zero attached hydrogens (tertiary/aromatic N) is 8. The van der Waals surface area contributed by atoms with Gasteiger partial charge in [-0.25, -0.2) is 15.0 Å². The van der Waals surface area contributed by atoms with E-state index in [0.717, 1.165) is 40.1 Å². The van der Waals surface area contributed by atoms with Gasteiger partial charge in [0, 0.05) is 17.6 Å². The van der Waals surface area contributed by atoms with Gasteiger partial charge in [0.25, 0.3) is 0 Å². The Bertz CT molecular complexity index is 1160. The smallest absolute Gasteiger partial charge is 0.206 e. The SMILES string of the molecule is CC[C@@H]1c2nnc(C)n2-c2cnc(-c3cnoc3-c3nccs3)nc2N1C(C)C. The van der Waals surface area contributed by atoms with Gasteiger partial charge in [-0.1, -0.05) is 12.1 Å². The lowest BCUT2D eigenvalue weighted by Crippen LogP contribution is -2.40. The first-order valence-corrected chi connectivity index (χ1v) is 10.4. The van der Waals surface area contributed by atoms with Crippen LogP contribution < -0.4 is 4.90 Å². The van der Waals surface area contributed by atoms with Gasteiger partial charge in [0.05, 0.1) is 24.0 Å². The zero-order chi connectivity index (χ0) is 20.1. The minimum Gasteiger partial charge on any atom is -0.353 e. The summed E-state index contributed by atoms with van der Waals surface area (Å²) < 4.78 is 7.52. The molecule has 0 amide bonds. The molecule has 1 atom stereocenters. The van der Waals surface area contributed by atoms with E-state index >= 15 is 0 Å². The van der Waals surface area contributed by atoms with Gasteiger partial charge in [0.1, 0.15) is 11.5 Å². The Morgan fingerprint density at radius 1 is 1.21 bits per heavy atom. The average molecular weight is 408 g/mol. The van der Waals surface area contributed by atoms with Crippen molar-refractivity contribution in [2.75, 3.05) is 4.90 Å². The summed E-state index contributed by atoms with van der Waals surface area (Å²) in [6.45, 7) is 8.43. The van der Waals surface area contributed by atoms with Crippen molar-refractivity contribution in [3.63, 3.8) is 0 Å². The molecule has 0 radical (unpaired) electrons. The van der Waals surface area contributed by atoms with Crippen LogP contribution in [-0.2, 0) is 0 Å². The molecule has 0 N–H and O–H groups in total. The second-order valence-corrected chi connectivity index (χ2v) is 8.07. The third-order valence-corrected chi connectivity index (χ3v) is 5.87. The number of aryl methyl sites for hydroxylation is 1. The first kappa shape index (κ1) is 17.9. The lowest BCUT2D eigenvalue weighted by molar-refractivity contribution is 0.432. The lowest BCUT2D eigenvalue weighted by atomic mass is 10.1. The van der Waals surface area contributed by atoms with E-state index in [0.29, 0.717) is 11.6 Å². The number of thiazole rings is 1. The summed E-state index contributed by atoms with van der Waals surface area (Å²) in [4.78, 5) is 16.2. The number of aromatic nitrogens is 7. The predicted octanol–water partition coefficient (Wildman–Crippen LogP) is 3.82. The Balaban J connectivity index is 1.71. The number of hydrogen-bond acceptors (Lipinski definition) is 9. The van der Waals surface area contributed by atoms with Gasteiger partial charge in [-0.15, -0.1) is 21.5 Å². The highest BCUT2D eigenvalue weighted by Crippen LogP contribution is 2.41. The lowest BCUT2D eigenvalue weighted by Gasteiger charge is -2.39. The van der Waals surface area contributed by atoms with Crippen LogP contribution in [0.2, 0.25) is 0 Å². The van der Waals surface area contributed by atoms with Gasteiger partial charge in [-0.2, -0.15) is 0 Å². The van der Waals surface area contributed by atoms with Crippen molar-refractivity contribution in [1.29, 1.82) is 0 Å². The van der Waals surface area contributed by atoms with Crippen molar-refractivity contribution < 1.29 is 4.52 Å². The molecule has 0 fully saturated rings. The van der Waals surface area contributed by atoms with Crippen molar-refractivity contribution in [1.82, 2.24) is 34.9 Å². The molecule has 0 spiro atoms. The minimum atomic E-state index is 0.0901. The van der Waals surface area contributed by atoms with E-state index in [9.17, 15) is 0 Å². The monoisotopic (exact) mass is 408 g/mol. The van der Waals surface area contributed by atoms with Crippen LogP contribution in [0.25, 0.3) is 27.8 Å². The molecule has 0 saturated carbocycles. The molecule has 10 heteroatoms. The van der Waals surface area contributed by atoms with Crippen LogP contribution >= 0.6 is 11.3 Å². The van der Waals surface area contributed by atoms with Crippen molar-refractivity contribution >= 4 is 17.2 Å². The Hall–Kier alpha value is -3.14. The molecule has 0 aromatic carbocycles. The van der Waals surface area contributed by atoms with E-state index in [1.807, 2.05) is 18.5 Å². The van der Waals surface area contributed by atoms with Crippen molar-refractivity contribution in [3.05, 3.63) is 35.6 Å². The molecule has 5 rings (SSSR count). The summed E-state index contributed by atoms with van der Waals surface area (Å²) in [7, 11) is 0. The second-order valence-electron chi connectivity index (χ2n) is 7.17. The van der Waals surface area contributed by atoms with Crippen molar-refractivity contribution in [3.8, 4) is 27.8 Å². The number of fused-ring (bicyclic) bond motifs is 3. The fourth-order valence-electron chi connectivity index (χ4n) is 3.88. The maximum Gasteiger partial charge on any atom is 0.206 e. The Morgan fingerprint density at radius 2 is 2.07 bits per heavy atom. The molecule has 1 aliphatic heterocycles. The van der Waals surface area contributed by atoms with Gasteiger partial charge in [-0.3, -0.25) is 4.57 Å². The topological polar surface area (TPSA) is 98.6 Å². The molecule has 29 heavy (non-hydrogen) atoms. The van der Waals surface area contributed by atoms with Gasteiger partial charge in [0.15, 0.2) is 22.5 Å². The third-order valence-electron chi connectivity index (χ3n) is 5.10. The Labute approximate surface area is 171 Å². The molecule has 9 nitrogen and oxygen atoms in total. The van der Waals surface area contributed by atoms with Crippen molar-refractivity contribution in [2.24, 2.45) is 0 Å². The quantitative estimate of drug-likeness (QED) is 0.502. The third kappa shape index (κ3) is 2.66. The van der Waals surface area contributed by atoms with Crippen LogP contribution in [0.3, 0.4) is 0 Å². The maximum atomic E-state index is 5.47. The first-order chi connectivity index (χ1) is 14.1. The molecular weight excluding hydrogens is 388 g/mol. The van der Waals surface area contributed by atoms with Crippen LogP contribution in [0.15, 0.2) is 28.5 Å². The number of hydrogen-bond donors (Lipinski definition) is 0. The minimum absolute atomic E-state index is 0.0901. The molecule has 0 saturated heterocycles. The van der Waals surface area contributed by atoms with Crippen molar-refractivity contribution in [2.45, 2.75) is 46.2 Å². The summed E-state index contributed by atoms with van der Waals surface area (Å²) in [5.74, 6) is 3.76. The van der Waals surface area contributed by atoms with E-state index in [-0.39, 0.29) is 12.1 Å². The van der Waals surface area contributed by atoms with Crippen LogP contribution in [0, 0.1) is 6.92 Å². The molecule has 4 aromatic heterocycles. The maximum absolute atomic E-state index is 5.47. The molecule has 1 aliphatic rings. The van der Waals surface area contributed by atoms with Gasteiger partial charge < -0.3 is 9.42 Å². The van der Waals surface area contributed by atoms with Crippen LogP contribution in [-0.4, -0.2) is 40.9 Å². The normalized spacial score (nSPS) is 15.6. The number of anilines is 1. The summed E-state index contributed by atoms with van der Waals surface area (Å²) >= 11 is 1.49. The van der Waals surface area contributed by atoms with E-state index < -0.39 is 0 Å². The zero-order valence-electron chi connectivity index (χ0n) is 16.6. The van der Waals surface area contributed by atoms with Crippen LogP contribution in [0.5, 0.6) is 0 Å². The van der Waals surface area contributed by atoms with E-state index in [2.05, 4.69) is 55.6 Å². The highest BCUT2D eigenvalue weighted by atomic mass is 32.1. The summed E-state index contributed by atoms with van der Waals surface area (Å²) in [6.07, 6.45) is 6.11. The fraction of sp³-hybridized carbons (Fsp3) is 0.368. The first-order valence-electron chi connectivity index (χ1n) is 9.52. The standard InChI is InChI=1S/C19H20N8OS/c1-5-13-18-25-24-11(4)27(18)14-9-21-16(23-17(14)26(13)10(2)3)12-8-22-28-15(12)19-20-6-7-29-19/h6-10,13H,5H2,1-4H3/t13-/m1/s1. The van der Waals surface area contributed by atoms with Crippen LogP contribution in [0.4, 0.5) is 5.82 Å². The predicted molar refractivity (Wildman–Crippen MR) is 109 cm³/mol. The summed E-state index contributed by atoms with van der Waals surface area (Å²) in [5, 5.41) is 15.4. The van der Waals surface area contributed by atoms with Gasteiger partial charge in [-0.05, 0) is 27.2 Å². The van der Waals surface area contributed by atoms with E-state index in [1.165, 1.54) is 11.3 Å². The van der Waals surface area contributed by atoms with Crippen LogP contribution in [0.1, 0.15) is 44.9 Å². The second kappa shape index (κ2) is 6.73. The van der Waals surface area contributed by atoms with Gasteiger partial charge >= 0.3 is 0 Å².